The third-order valence-electron chi connectivity index (χ3n) is 3.46. The maximum Gasteiger partial charge on any atom is 0.325 e. The summed E-state index contributed by atoms with van der Waals surface area (Å²) in [5, 5.41) is 3.22. The van der Waals surface area contributed by atoms with E-state index in [0.29, 0.717) is 6.54 Å². The van der Waals surface area contributed by atoms with Crippen LogP contribution in [0.4, 0.5) is 0 Å². The molecule has 1 aromatic carbocycles. The Morgan fingerprint density at radius 2 is 1.94 bits per heavy atom. The van der Waals surface area contributed by atoms with Crippen LogP contribution in [0.25, 0.3) is 0 Å². The summed E-state index contributed by atoms with van der Waals surface area (Å²) in [7, 11) is 1.41. The smallest absolute Gasteiger partial charge is 0.325 e. The second-order valence-corrected chi connectivity index (χ2v) is 5.49. The van der Waals surface area contributed by atoms with Crippen LogP contribution < -0.4 is 5.32 Å². The molecule has 0 amide bonds. The Hall–Kier alpha value is -1.35. The highest BCUT2D eigenvalue weighted by atomic mass is 16.5. The Balaban J connectivity index is 1.91. The number of hydrogen-bond donors (Lipinski definition) is 1. The molecule has 0 aliphatic heterocycles. The lowest BCUT2D eigenvalue weighted by atomic mass is 10.0. The summed E-state index contributed by atoms with van der Waals surface area (Å²) in [6.45, 7) is 4.34. The van der Waals surface area contributed by atoms with Crippen molar-refractivity contribution in [2.45, 2.75) is 44.7 Å². The lowest BCUT2D eigenvalue weighted by molar-refractivity contribution is -0.147. The van der Waals surface area contributed by atoms with Crippen molar-refractivity contribution in [2.75, 3.05) is 7.11 Å². The molecule has 3 nitrogen and oxygen atoms in total. The summed E-state index contributed by atoms with van der Waals surface area (Å²) in [6, 6.07) is 8.65. The van der Waals surface area contributed by atoms with Crippen molar-refractivity contribution in [3.05, 3.63) is 35.4 Å². The fourth-order valence-corrected chi connectivity index (χ4v) is 1.97. The topological polar surface area (TPSA) is 38.3 Å². The monoisotopic (exact) mass is 247 g/mol. The second kappa shape index (κ2) is 5.11. The van der Waals surface area contributed by atoms with E-state index in [1.54, 1.807) is 0 Å². The minimum atomic E-state index is -0.649. The zero-order valence-electron chi connectivity index (χ0n) is 11.3. The SMILES string of the molecule is COC(=O)C(C)(C)NCc1ccc(C2CC2)cc1. The maximum atomic E-state index is 11.5. The number of esters is 1. The molecule has 0 unspecified atom stereocenters. The van der Waals surface area contributed by atoms with Crippen LogP contribution in [-0.4, -0.2) is 18.6 Å². The van der Waals surface area contributed by atoms with E-state index in [4.69, 9.17) is 4.74 Å². The molecule has 2 rings (SSSR count). The van der Waals surface area contributed by atoms with Gasteiger partial charge in [-0.1, -0.05) is 24.3 Å². The van der Waals surface area contributed by atoms with E-state index >= 15 is 0 Å². The molecule has 1 aliphatic rings. The Morgan fingerprint density at radius 1 is 1.33 bits per heavy atom. The average molecular weight is 247 g/mol. The summed E-state index contributed by atoms with van der Waals surface area (Å²) in [6.07, 6.45) is 2.65. The van der Waals surface area contributed by atoms with Gasteiger partial charge in [-0.25, -0.2) is 0 Å². The molecule has 3 heteroatoms. The van der Waals surface area contributed by atoms with E-state index in [1.807, 2.05) is 13.8 Å². The molecule has 0 atom stereocenters. The highest BCUT2D eigenvalue weighted by molar-refractivity contribution is 5.79. The van der Waals surface area contributed by atoms with Crippen LogP contribution in [0.1, 0.15) is 43.7 Å². The summed E-state index contributed by atoms with van der Waals surface area (Å²) >= 11 is 0. The predicted octanol–water partition coefficient (Wildman–Crippen LogP) is 2.61. The Labute approximate surface area is 109 Å². The molecule has 1 aromatic rings. The highest BCUT2D eigenvalue weighted by Gasteiger charge is 2.27. The van der Waals surface area contributed by atoms with E-state index in [-0.39, 0.29) is 5.97 Å². The van der Waals surface area contributed by atoms with Gasteiger partial charge in [0.2, 0.25) is 0 Å². The number of ether oxygens (including phenoxy) is 1. The number of benzene rings is 1. The van der Waals surface area contributed by atoms with E-state index in [0.717, 1.165) is 5.92 Å². The number of carbonyl (C=O) groups excluding carboxylic acids is 1. The van der Waals surface area contributed by atoms with Crippen LogP contribution in [0, 0.1) is 0 Å². The fourth-order valence-electron chi connectivity index (χ4n) is 1.97. The first-order valence-electron chi connectivity index (χ1n) is 6.45. The average Bonchev–Trinajstić information content (AvgIpc) is 3.20. The molecule has 1 aliphatic carbocycles. The number of methoxy groups -OCH3 is 1. The van der Waals surface area contributed by atoms with Gasteiger partial charge in [0.25, 0.3) is 0 Å². The zero-order chi connectivity index (χ0) is 13.2. The quantitative estimate of drug-likeness (QED) is 0.813. The standard InChI is InChI=1S/C15H21NO2/c1-15(2,14(17)18-3)16-10-11-4-6-12(7-5-11)13-8-9-13/h4-7,13,16H,8-10H2,1-3H3. The van der Waals surface area contributed by atoms with Gasteiger partial charge in [-0.15, -0.1) is 0 Å². The summed E-state index contributed by atoms with van der Waals surface area (Å²) in [5.74, 6) is 0.551. The van der Waals surface area contributed by atoms with E-state index in [1.165, 1.54) is 31.1 Å². The second-order valence-electron chi connectivity index (χ2n) is 5.49. The molecule has 0 aromatic heterocycles. The van der Waals surface area contributed by atoms with Crippen LogP contribution in [-0.2, 0) is 16.1 Å². The zero-order valence-corrected chi connectivity index (χ0v) is 11.3. The van der Waals surface area contributed by atoms with Crippen LogP contribution in [0.15, 0.2) is 24.3 Å². The first kappa shape index (κ1) is 13.1. The van der Waals surface area contributed by atoms with Crippen molar-refractivity contribution < 1.29 is 9.53 Å². The molecule has 0 heterocycles. The van der Waals surface area contributed by atoms with Crippen LogP contribution in [0.2, 0.25) is 0 Å². The van der Waals surface area contributed by atoms with Crippen molar-refractivity contribution in [2.24, 2.45) is 0 Å². The van der Waals surface area contributed by atoms with E-state index in [9.17, 15) is 4.79 Å². The summed E-state index contributed by atoms with van der Waals surface area (Å²) in [5.41, 5.74) is 1.98. The highest BCUT2D eigenvalue weighted by Crippen LogP contribution is 2.39. The molecule has 1 fully saturated rings. The maximum absolute atomic E-state index is 11.5. The number of rotatable bonds is 5. The van der Waals surface area contributed by atoms with Gasteiger partial charge >= 0.3 is 5.97 Å². The van der Waals surface area contributed by atoms with Gasteiger partial charge in [0, 0.05) is 6.54 Å². The van der Waals surface area contributed by atoms with Gasteiger partial charge in [0.05, 0.1) is 7.11 Å². The van der Waals surface area contributed by atoms with Crippen molar-refractivity contribution in [3.8, 4) is 0 Å². The largest absolute Gasteiger partial charge is 0.468 e. The van der Waals surface area contributed by atoms with Gasteiger partial charge in [-0.05, 0) is 43.7 Å². The van der Waals surface area contributed by atoms with Crippen molar-refractivity contribution >= 4 is 5.97 Å². The molecule has 0 saturated heterocycles. The Bertz CT molecular complexity index is 419. The van der Waals surface area contributed by atoms with Crippen molar-refractivity contribution in [1.29, 1.82) is 0 Å². The van der Waals surface area contributed by atoms with E-state index < -0.39 is 5.54 Å². The summed E-state index contributed by atoms with van der Waals surface area (Å²) < 4.78 is 4.76. The first-order chi connectivity index (χ1) is 8.53. The lowest BCUT2D eigenvalue weighted by Crippen LogP contribution is -2.46. The minimum absolute atomic E-state index is 0.239. The van der Waals surface area contributed by atoms with Gasteiger partial charge in [-0.3, -0.25) is 10.1 Å². The van der Waals surface area contributed by atoms with Gasteiger partial charge in [0.1, 0.15) is 5.54 Å². The molecule has 18 heavy (non-hydrogen) atoms. The van der Waals surface area contributed by atoms with Gasteiger partial charge in [-0.2, -0.15) is 0 Å². The van der Waals surface area contributed by atoms with Crippen LogP contribution >= 0.6 is 0 Å². The molecule has 98 valence electrons. The molecule has 0 radical (unpaired) electrons. The van der Waals surface area contributed by atoms with E-state index in [2.05, 4.69) is 29.6 Å². The third kappa shape index (κ3) is 3.10. The van der Waals surface area contributed by atoms with Crippen molar-refractivity contribution in [1.82, 2.24) is 5.32 Å². The Morgan fingerprint density at radius 3 is 2.44 bits per heavy atom. The first-order valence-corrected chi connectivity index (χ1v) is 6.45. The van der Waals surface area contributed by atoms with Gasteiger partial charge < -0.3 is 4.74 Å². The molecule has 1 N–H and O–H groups in total. The normalized spacial score (nSPS) is 15.5. The predicted molar refractivity (Wildman–Crippen MR) is 71.4 cm³/mol. The lowest BCUT2D eigenvalue weighted by Gasteiger charge is -2.23. The third-order valence-corrected chi connectivity index (χ3v) is 3.46. The van der Waals surface area contributed by atoms with Crippen LogP contribution in [0.5, 0.6) is 0 Å². The molecular formula is C15H21NO2. The molecular weight excluding hydrogens is 226 g/mol. The number of carbonyl (C=O) groups is 1. The van der Waals surface area contributed by atoms with Crippen LogP contribution in [0.3, 0.4) is 0 Å². The van der Waals surface area contributed by atoms with Gasteiger partial charge in [0.15, 0.2) is 0 Å². The molecule has 0 bridgehead atoms. The minimum Gasteiger partial charge on any atom is -0.468 e. The van der Waals surface area contributed by atoms with Crippen molar-refractivity contribution in [3.63, 3.8) is 0 Å². The fraction of sp³-hybridized carbons (Fsp3) is 0.533. The number of hydrogen-bond acceptors (Lipinski definition) is 3. The summed E-state index contributed by atoms with van der Waals surface area (Å²) in [4.78, 5) is 11.5. The Kier molecular flexibility index (Phi) is 3.71. The number of nitrogens with one attached hydrogen (secondary N) is 1. The molecule has 1 saturated carbocycles. The molecule has 0 spiro atoms.